The Kier molecular flexibility index (Phi) is 7.59. The van der Waals surface area contributed by atoms with Crippen LogP contribution in [0.4, 0.5) is 0 Å². The van der Waals surface area contributed by atoms with E-state index in [1.165, 1.54) is 22.9 Å². The van der Waals surface area contributed by atoms with Gasteiger partial charge >= 0.3 is 0 Å². The molecule has 5 nitrogen and oxygen atoms in total. The fourth-order valence-electron chi connectivity index (χ4n) is 3.41. The van der Waals surface area contributed by atoms with E-state index in [0.29, 0.717) is 22.7 Å². The Balaban J connectivity index is 1.28. The lowest BCUT2D eigenvalue weighted by Gasteiger charge is -2.18. The van der Waals surface area contributed by atoms with Crippen LogP contribution in [0.5, 0.6) is 0 Å². The highest BCUT2D eigenvalue weighted by molar-refractivity contribution is 7.99. The zero-order valence-corrected chi connectivity index (χ0v) is 18.9. The molecule has 0 fully saturated rings. The summed E-state index contributed by atoms with van der Waals surface area (Å²) in [6.45, 7) is 0.577. The van der Waals surface area contributed by atoms with Crippen molar-refractivity contribution in [2.75, 3.05) is 12.3 Å². The Bertz CT molecular complexity index is 1100. The summed E-state index contributed by atoms with van der Waals surface area (Å²) >= 11 is 7.12. The molecule has 0 bridgehead atoms. The van der Waals surface area contributed by atoms with Crippen molar-refractivity contribution >= 4 is 29.3 Å². The normalized spacial score (nSPS) is 10.9. The summed E-state index contributed by atoms with van der Waals surface area (Å²) in [6.07, 6.45) is 0.811. The summed E-state index contributed by atoms with van der Waals surface area (Å²) in [5.41, 5.74) is 3.26. The van der Waals surface area contributed by atoms with Gasteiger partial charge in [0.15, 0.2) is 0 Å². The zero-order valence-electron chi connectivity index (χ0n) is 17.3. The van der Waals surface area contributed by atoms with Crippen LogP contribution in [-0.2, 0) is 4.79 Å². The van der Waals surface area contributed by atoms with Crippen molar-refractivity contribution in [3.8, 4) is 11.5 Å². The molecule has 0 aliphatic heterocycles. The van der Waals surface area contributed by atoms with Crippen LogP contribution in [0.3, 0.4) is 0 Å². The summed E-state index contributed by atoms with van der Waals surface area (Å²) in [5, 5.41) is 12.0. The molecule has 0 saturated heterocycles. The van der Waals surface area contributed by atoms with E-state index >= 15 is 0 Å². The second-order valence-corrected chi connectivity index (χ2v) is 8.54. The van der Waals surface area contributed by atoms with Gasteiger partial charge in [-0.25, -0.2) is 0 Å². The van der Waals surface area contributed by atoms with Crippen molar-refractivity contribution in [3.05, 3.63) is 101 Å². The first-order valence-corrected chi connectivity index (χ1v) is 11.6. The van der Waals surface area contributed by atoms with E-state index in [1.54, 1.807) is 12.1 Å². The third-order valence-electron chi connectivity index (χ3n) is 4.98. The Labute approximate surface area is 196 Å². The van der Waals surface area contributed by atoms with Crippen molar-refractivity contribution in [1.29, 1.82) is 0 Å². The maximum absolute atomic E-state index is 12.3. The molecule has 1 heterocycles. The molecule has 0 unspecified atom stereocenters. The Morgan fingerprint density at radius 1 is 0.906 bits per heavy atom. The van der Waals surface area contributed by atoms with E-state index in [4.69, 9.17) is 16.0 Å². The van der Waals surface area contributed by atoms with E-state index < -0.39 is 0 Å². The number of hydrogen-bond acceptors (Lipinski definition) is 5. The lowest BCUT2D eigenvalue weighted by atomic mass is 9.88. The fourth-order valence-corrected chi connectivity index (χ4v) is 4.13. The SMILES string of the molecule is O=C(CSc1nnc(-c2ccc(Cl)cc2)o1)NCCC(c1ccccc1)c1ccccc1. The van der Waals surface area contributed by atoms with Crippen molar-refractivity contribution in [2.45, 2.75) is 17.6 Å². The number of hydrogen-bond donors (Lipinski definition) is 1. The van der Waals surface area contributed by atoms with E-state index in [0.717, 1.165) is 12.0 Å². The number of thioether (sulfide) groups is 1. The summed E-state index contributed by atoms with van der Waals surface area (Å²) in [7, 11) is 0. The fraction of sp³-hybridized carbons (Fsp3) is 0.160. The third kappa shape index (κ3) is 5.99. The van der Waals surface area contributed by atoms with Crippen LogP contribution in [0.25, 0.3) is 11.5 Å². The first-order valence-electron chi connectivity index (χ1n) is 10.3. The molecule has 4 rings (SSSR count). The Hall–Kier alpha value is -3.09. The van der Waals surface area contributed by atoms with Crippen molar-refractivity contribution in [1.82, 2.24) is 15.5 Å². The van der Waals surface area contributed by atoms with Gasteiger partial charge in [-0.1, -0.05) is 84.0 Å². The standard InChI is InChI=1S/C25H22ClN3O2S/c26-21-13-11-20(12-14-21)24-28-29-25(31-24)32-17-23(30)27-16-15-22(18-7-3-1-4-8-18)19-9-5-2-6-10-19/h1-14,22H,15-17H2,(H,27,30). The predicted molar refractivity (Wildman–Crippen MR) is 128 cm³/mol. The van der Waals surface area contributed by atoms with Gasteiger partial charge in [0.1, 0.15) is 0 Å². The predicted octanol–water partition coefficient (Wildman–Crippen LogP) is 5.82. The molecule has 32 heavy (non-hydrogen) atoms. The molecule has 3 aromatic carbocycles. The second-order valence-electron chi connectivity index (χ2n) is 7.18. The highest BCUT2D eigenvalue weighted by atomic mass is 35.5. The smallest absolute Gasteiger partial charge is 0.277 e. The van der Waals surface area contributed by atoms with Crippen molar-refractivity contribution < 1.29 is 9.21 Å². The van der Waals surface area contributed by atoms with Gasteiger partial charge in [-0.15, -0.1) is 10.2 Å². The lowest BCUT2D eigenvalue weighted by molar-refractivity contribution is -0.118. The van der Waals surface area contributed by atoms with Crippen molar-refractivity contribution in [2.24, 2.45) is 0 Å². The molecule has 7 heteroatoms. The molecule has 0 spiro atoms. The minimum atomic E-state index is -0.0684. The van der Waals surface area contributed by atoms with Crippen LogP contribution < -0.4 is 5.32 Å². The summed E-state index contributed by atoms with van der Waals surface area (Å²) in [5.74, 6) is 0.770. The molecule has 1 amide bonds. The summed E-state index contributed by atoms with van der Waals surface area (Å²) in [6, 6.07) is 27.9. The number of halogens is 1. The summed E-state index contributed by atoms with van der Waals surface area (Å²) in [4.78, 5) is 12.3. The molecule has 0 atom stereocenters. The molecule has 0 aliphatic rings. The maximum atomic E-state index is 12.3. The first-order chi connectivity index (χ1) is 15.7. The average molecular weight is 464 g/mol. The topological polar surface area (TPSA) is 68.0 Å². The van der Waals surface area contributed by atoms with Gasteiger partial charge in [-0.3, -0.25) is 4.79 Å². The van der Waals surface area contributed by atoms with Crippen LogP contribution >= 0.6 is 23.4 Å². The molecule has 0 saturated carbocycles. The van der Waals surface area contributed by atoms with Gasteiger partial charge in [-0.05, 0) is 41.8 Å². The van der Waals surface area contributed by atoms with Gasteiger partial charge in [0.2, 0.25) is 11.8 Å². The first kappa shape index (κ1) is 22.1. The van der Waals surface area contributed by atoms with Crippen molar-refractivity contribution in [3.63, 3.8) is 0 Å². The molecule has 4 aromatic rings. The minimum Gasteiger partial charge on any atom is -0.411 e. The van der Waals surface area contributed by atoms with Crippen LogP contribution in [0.15, 0.2) is 94.6 Å². The number of benzene rings is 3. The molecule has 0 aliphatic carbocycles. The number of rotatable bonds is 9. The van der Waals surface area contributed by atoms with E-state index in [-0.39, 0.29) is 17.6 Å². The quantitative estimate of drug-likeness (QED) is 0.317. The third-order valence-corrected chi connectivity index (χ3v) is 6.05. The minimum absolute atomic E-state index is 0.0684. The Morgan fingerprint density at radius 2 is 1.53 bits per heavy atom. The van der Waals surface area contributed by atoms with E-state index in [9.17, 15) is 4.79 Å². The molecular formula is C25H22ClN3O2S. The second kappa shape index (κ2) is 11.0. The highest BCUT2D eigenvalue weighted by Gasteiger charge is 2.15. The van der Waals surface area contributed by atoms with Gasteiger partial charge in [0.05, 0.1) is 5.75 Å². The number of nitrogens with one attached hydrogen (secondary N) is 1. The highest BCUT2D eigenvalue weighted by Crippen LogP contribution is 2.27. The summed E-state index contributed by atoms with van der Waals surface area (Å²) < 4.78 is 5.64. The van der Waals surface area contributed by atoms with Crippen LogP contribution in [0, 0.1) is 0 Å². The lowest BCUT2D eigenvalue weighted by Crippen LogP contribution is -2.27. The van der Waals surface area contributed by atoms with Gasteiger partial charge in [0, 0.05) is 23.0 Å². The molecular weight excluding hydrogens is 442 g/mol. The molecule has 1 N–H and O–H groups in total. The number of aromatic nitrogens is 2. The largest absolute Gasteiger partial charge is 0.411 e. The maximum Gasteiger partial charge on any atom is 0.277 e. The number of amides is 1. The molecule has 162 valence electrons. The van der Waals surface area contributed by atoms with Gasteiger partial charge < -0.3 is 9.73 Å². The van der Waals surface area contributed by atoms with Gasteiger partial charge in [-0.2, -0.15) is 0 Å². The van der Waals surface area contributed by atoms with E-state index in [1.807, 2.05) is 48.5 Å². The monoisotopic (exact) mass is 463 g/mol. The number of carbonyl (C=O) groups is 1. The molecule has 1 aromatic heterocycles. The molecule has 0 radical (unpaired) electrons. The average Bonchev–Trinajstić information content (AvgIpc) is 3.31. The van der Waals surface area contributed by atoms with Crippen LogP contribution in [-0.4, -0.2) is 28.4 Å². The zero-order chi connectivity index (χ0) is 22.2. The number of carbonyl (C=O) groups excluding carboxylic acids is 1. The van der Waals surface area contributed by atoms with Gasteiger partial charge in [0.25, 0.3) is 5.22 Å². The Morgan fingerprint density at radius 3 is 2.16 bits per heavy atom. The van der Waals surface area contributed by atoms with Crippen LogP contribution in [0.2, 0.25) is 5.02 Å². The van der Waals surface area contributed by atoms with E-state index in [2.05, 4.69) is 39.8 Å². The number of nitrogens with zero attached hydrogens (tertiary/aromatic N) is 2. The van der Waals surface area contributed by atoms with Crippen LogP contribution in [0.1, 0.15) is 23.5 Å².